The summed E-state index contributed by atoms with van der Waals surface area (Å²) in [5.41, 5.74) is 5.64. The van der Waals surface area contributed by atoms with Crippen molar-refractivity contribution in [2.45, 2.75) is 20.8 Å². The molecular formula is C29H30N4O4. The number of fused-ring (bicyclic) bond motifs is 1. The van der Waals surface area contributed by atoms with Crippen molar-refractivity contribution in [3.8, 4) is 11.1 Å². The molecule has 0 saturated carbocycles. The monoisotopic (exact) mass is 498 g/mol. The van der Waals surface area contributed by atoms with Gasteiger partial charge in [0, 0.05) is 60.4 Å². The first-order chi connectivity index (χ1) is 17.7. The highest BCUT2D eigenvalue weighted by atomic mass is 16.4. The van der Waals surface area contributed by atoms with E-state index in [-0.39, 0.29) is 22.8 Å². The largest absolute Gasteiger partial charge is 0.445 e. The summed E-state index contributed by atoms with van der Waals surface area (Å²) >= 11 is 0. The van der Waals surface area contributed by atoms with Gasteiger partial charge in [-0.2, -0.15) is 0 Å². The minimum atomic E-state index is -0.398. The number of anilines is 3. The van der Waals surface area contributed by atoms with E-state index in [0.29, 0.717) is 23.2 Å². The van der Waals surface area contributed by atoms with Gasteiger partial charge in [0.15, 0.2) is 5.76 Å². The standard InChI is InChI=1S/C29H30N4O4/c1-7-25(34)33(6)19-12-13-23(31-26-17(3)10-9-11-18(26)4)20(14-19)22-16-32(5)29(36)27-21(22)15-24(37-27)28(35)30-8-2/h7,9-16,31H,1,8H2,2-6H3,(H,30,35). The van der Waals surface area contributed by atoms with E-state index in [4.69, 9.17) is 4.42 Å². The third-order valence-corrected chi connectivity index (χ3v) is 6.35. The molecule has 37 heavy (non-hydrogen) atoms. The summed E-state index contributed by atoms with van der Waals surface area (Å²) in [7, 11) is 3.30. The first kappa shape index (κ1) is 25.5. The Bertz CT molecular complexity index is 1580. The SMILES string of the molecule is C=CC(=O)N(C)c1ccc(Nc2c(C)cccc2C)c(-c2cn(C)c(=O)c3oc(C(=O)NCC)cc23)c1. The number of benzene rings is 2. The predicted octanol–water partition coefficient (Wildman–Crippen LogP) is 5.06. The van der Waals surface area contributed by atoms with Gasteiger partial charge >= 0.3 is 0 Å². The lowest BCUT2D eigenvalue weighted by Gasteiger charge is -2.21. The summed E-state index contributed by atoms with van der Waals surface area (Å²) in [5.74, 6) is -0.597. The summed E-state index contributed by atoms with van der Waals surface area (Å²) in [5, 5.41) is 6.76. The van der Waals surface area contributed by atoms with Crippen LogP contribution in [0.15, 0.2) is 70.5 Å². The van der Waals surface area contributed by atoms with E-state index in [1.165, 1.54) is 15.5 Å². The van der Waals surface area contributed by atoms with Crippen molar-refractivity contribution >= 4 is 39.8 Å². The van der Waals surface area contributed by atoms with Gasteiger partial charge in [0.2, 0.25) is 11.5 Å². The number of carbonyl (C=O) groups excluding carboxylic acids is 2. The molecule has 2 aromatic carbocycles. The van der Waals surface area contributed by atoms with E-state index in [2.05, 4.69) is 17.2 Å². The van der Waals surface area contributed by atoms with E-state index in [0.717, 1.165) is 28.1 Å². The molecule has 0 unspecified atom stereocenters. The Morgan fingerprint density at radius 2 is 1.81 bits per heavy atom. The number of likely N-dealkylation sites (N-methyl/N-ethyl adjacent to an activating group) is 1. The van der Waals surface area contributed by atoms with Gasteiger partial charge in [-0.15, -0.1) is 0 Å². The van der Waals surface area contributed by atoms with E-state index >= 15 is 0 Å². The molecule has 0 saturated heterocycles. The number of pyridine rings is 1. The number of aryl methyl sites for hydroxylation is 3. The fraction of sp³-hybridized carbons (Fsp3) is 0.207. The predicted molar refractivity (Wildman–Crippen MR) is 148 cm³/mol. The van der Waals surface area contributed by atoms with E-state index in [1.807, 2.05) is 57.2 Å². The third kappa shape index (κ3) is 4.78. The molecule has 0 aliphatic carbocycles. The molecule has 2 aromatic heterocycles. The van der Waals surface area contributed by atoms with Crippen LogP contribution in [0, 0.1) is 13.8 Å². The molecular weight excluding hydrogens is 468 g/mol. The number of hydrogen-bond acceptors (Lipinski definition) is 5. The van der Waals surface area contributed by atoms with Crippen molar-refractivity contribution in [2.24, 2.45) is 7.05 Å². The summed E-state index contributed by atoms with van der Waals surface area (Å²) in [4.78, 5) is 39.3. The van der Waals surface area contributed by atoms with Crippen LogP contribution in [0.2, 0.25) is 0 Å². The number of carbonyl (C=O) groups is 2. The Kier molecular flexibility index (Phi) is 7.02. The molecule has 0 aliphatic rings. The molecule has 0 aliphatic heterocycles. The van der Waals surface area contributed by atoms with E-state index < -0.39 is 5.91 Å². The van der Waals surface area contributed by atoms with Crippen LogP contribution in [0.4, 0.5) is 17.1 Å². The lowest BCUT2D eigenvalue weighted by atomic mass is 9.99. The van der Waals surface area contributed by atoms with Crippen LogP contribution < -0.4 is 21.1 Å². The van der Waals surface area contributed by atoms with Gasteiger partial charge in [-0.1, -0.05) is 24.8 Å². The average molecular weight is 499 g/mol. The molecule has 2 heterocycles. The first-order valence-electron chi connectivity index (χ1n) is 11.9. The summed E-state index contributed by atoms with van der Waals surface area (Å²) in [6, 6.07) is 13.2. The zero-order valence-electron chi connectivity index (χ0n) is 21.6. The number of rotatable bonds is 7. The fourth-order valence-electron chi connectivity index (χ4n) is 4.29. The van der Waals surface area contributed by atoms with Crippen LogP contribution in [-0.4, -0.2) is 30.0 Å². The molecule has 0 fully saturated rings. The van der Waals surface area contributed by atoms with E-state index in [1.54, 1.807) is 26.4 Å². The molecule has 190 valence electrons. The van der Waals surface area contributed by atoms with Gasteiger partial charge in [-0.05, 0) is 62.2 Å². The second-order valence-electron chi connectivity index (χ2n) is 8.89. The number of aromatic nitrogens is 1. The normalized spacial score (nSPS) is 10.8. The zero-order valence-corrected chi connectivity index (χ0v) is 21.6. The smallest absolute Gasteiger partial charge is 0.293 e. The molecule has 4 rings (SSSR count). The van der Waals surface area contributed by atoms with Crippen molar-refractivity contribution in [2.75, 3.05) is 23.8 Å². The van der Waals surface area contributed by atoms with Gasteiger partial charge in [0.1, 0.15) is 0 Å². The Hall–Kier alpha value is -4.59. The second kappa shape index (κ2) is 10.2. The first-order valence-corrected chi connectivity index (χ1v) is 11.9. The maximum absolute atomic E-state index is 12.9. The topological polar surface area (TPSA) is 96.6 Å². The van der Waals surface area contributed by atoms with Crippen LogP contribution in [0.3, 0.4) is 0 Å². The van der Waals surface area contributed by atoms with Crippen LogP contribution in [-0.2, 0) is 11.8 Å². The number of nitrogens with one attached hydrogen (secondary N) is 2. The highest BCUT2D eigenvalue weighted by Gasteiger charge is 2.21. The van der Waals surface area contributed by atoms with Gasteiger partial charge in [-0.25, -0.2) is 0 Å². The van der Waals surface area contributed by atoms with E-state index in [9.17, 15) is 14.4 Å². The number of nitrogens with zero attached hydrogens (tertiary/aromatic N) is 2. The number of amides is 2. The lowest BCUT2D eigenvalue weighted by molar-refractivity contribution is -0.113. The van der Waals surface area contributed by atoms with Gasteiger partial charge in [0.25, 0.3) is 11.5 Å². The highest BCUT2D eigenvalue weighted by molar-refractivity contribution is 6.05. The minimum Gasteiger partial charge on any atom is -0.445 e. The Morgan fingerprint density at radius 3 is 2.46 bits per heavy atom. The van der Waals surface area contributed by atoms with Gasteiger partial charge in [-0.3, -0.25) is 14.4 Å². The fourth-order valence-corrected chi connectivity index (χ4v) is 4.29. The highest BCUT2D eigenvalue weighted by Crippen LogP contribution is 2.38. The van der Waals surface area contributed by atoms with Crippen molar-refractivity contribution in [1.29, 1.82) is 0 Å². The molecule has 4 aromatic rings. The molecule has 2 amide bonds. The number of hydrogen-bond donors (Lipinski definition) is 2. The summed E-state index contributed by atoms with van der Waals surface area (Å²) < 4.78 is 7.17. The molecule has 0 spiro atoms. The Morgan fingerprint density at radius 1 is 1.11 bits per heavy atom. The third-order valence-electron chi connectivity index (χ3n) is 6.35. The van der Waals surface area contributed by atoms with Crippen LogP contribution in [0.5, 0.6) is 0 Å². The quantitative estimate of drug-likeness (QED) is 0.347. The Balaban J connectivity index is 2.00. The minimum absolute atomic E-state index is 0.0563. The molecule has 0 radical (unpaired) electrons. The van der Waals surface area contributed by atoms with Crippen molar-refractivity contribution < 1.29 is 14.0 Å². The summed E-state index contributed by atoms with van der Waals surface area (Å²) in [6.07, 6.45) is 2.97. The van der Waals surface area contributed by atoms with Gasteiger partial charge in [0.05, 0.1) is 0 Å². The molecule has 0 atom stereocenters. The van der Waals surface area contributed by atoms with Crippen molar-refractivity contribution in [3.63, 3.8) is 0 Å². The van der Waals surface area contributed by atoms with Gasteiger partial charge < -0.3 is 24.5 Å². The maximum Gasteiger partial charge on any atom is 0.293 e. The maximum atomic E-state index is 12.9. The summed E-state index contributed by atoms with van der Waals surface area (Å²) in [6.45, 7) is 9.87. The van der Waals surface area contributed by atoms with Crippen LogP contribution >= 0.6 is 0 Å². The molecule has 2 N–H and O–H groups in total. The van der Waals surface area contributed by atoms with Crippen molar-refractivity contribution in [1.82, 2.24) is 9.88 Å². The zero-order chi connectivity index (χ0) is 26.9. The molecule has 0 bridgehead atoms. The lowest BCUT2D eigenvalue weighted by Crippen LogP contribution is -2.23. The second-order valence-corrected chi connectivity index (χ2v) is 8.89. The Labute approximate surface area is 215 Å². The average Bonchev–Trinajstić information content (AvgIpc) is 3.34. The molecule has 8 nitrogen and oxygen atoms in total. The molecule has 8 heteroatoms. The van der Waals surface area contributed by atoms with Crippen LogP contribution in [0.1, 0.15) is 28.6 Å². The van der Waals surface area contributed by atoms with Crippen LogP contribution in [0.25, 0.3) is 22.1 Å². The van der Waals surface area contributed by atoms with Crippen molar-refractivity contribution in [3.05, 3.63) is 88.6 Å². The number of para-hydroxylation sites is 1. The number of furan rings is 1.